The fraction of sp³-hybridized carbons (Fsp3) is 0.152. The Morgan fingerprint density at radius 1 is 0.757 bits per heavy atom. The number of rotatable bonds is 3. The highest BCUT2D eigenvalue weighted by atomic mass is 16.3. The van der Waals surface area contributed by atoms with Crippen LogP contribution in [0.3, 0.4) is 0 Å². The number of fused-ring (bicyclic) bond motifs is 8. The predicted octanol–water partition coefficient (Wildman–Crippen LogP) is 9.08. The number of furan rings is 2. The Balaban J connectivity index is 1.50. The zero-order chi connectivity index (χ0) is 25.3. The fourth-order valence-corrected chi connectivity index (χ4v) is 5.61. The van der Waals surface area contributed by atoms with Crippen molar-refractivity contribution in [1.29, 1.82) is 5.26 Å². The molecule has 4 aromatic carbocycles. The molecule has 0 amide bonds. The van der Waals surface area contributed by atoms with Gasteiger partial charge in [0.25, 0.3) is 0 Å². The van der Waals surface area contributed by atoms with Gasteiger partial charge in [-0.3, -0.25) is 4.98 Å². The molecule has 0 aliphatic heterocycles. The molecule has 4 nitrogen and oxygen atoms in total. The molecule has 7 rings (SSSR count). The molecule has 0 saturated carbocycles. The van der Waals surface area contributed by atoms with Crippen molar-refractivity contribution in [3.8, 4) is 17.3 Å². The molecule has 3 aromatic heterocycles. The maximum Gasteiger partial charge on any atom is 0.144 e. The molecule has 0 fully saturated rings. The van der Waals surface area contributed by atoms with Gasteiger partial charge in [0.1, 0.15) is 22.3 Å². The quantitative estimate of drug-likeness (QED) is 0.253. The van der Waals surface area contributed by atoms with E-state index in [1.807, 2.05) is 24.4 Å². The average Bonchev–Trinajstić information content (AvgIpc) is 3.45. The molecule has 0 aliphatic rings. The van der Waals surface area contributed by atoms with Crippen molar-refractivity contribution in [3.63, 3.8) is 0 Å². The summed E-state index contributed by atoms with van der Waals surface area (Å²) in [7, 11) is 0. The maximum absolute atomic E-state index is 9.35. The summed E-state index contributed by atoms with van der Waals surface area (Å²) in [6, 6.07) is 24.9. The van der Waals surface area contributed by atoms with Gasteiger partial charge >= 0.3 is 0 Å². The van der Waals surface area contributed by atoms with Crippen LogP contribution < -0.4 is 0 Å². The van der Waals surface area contributed by atoms with Gasteiger partial charge in [0.2, 0.25) is 0 Å². The van der Waals surface area contributed by atoms with E-state index in [9.17, 15) is 5.26 Å². The fourth-order valence-electron chi connectivity index (χ4n) is 5.61. The molecule has 0 radical (unpaired) electrons. The van der Waals surface area contributed by atoms with Gasteiger partial charge in [-0.15, -0.1) is 0 Å². The number of aromatic nitrogens is 1. The molecule has 3 heterocycles. The van der Waals surface area contributed by atoms with Gasteiger partial charge in [0.05, 0.1) is 17.3 Å². The van der Waals surface area contributed by atoms with Crippen molar-refractivity contribution in [2.45, 2.75) is 27.2 Å². The smallest absolute Gasteiger partial charge is 0.144 e. The summed E-state index contributed by atoms with van der Waals surface area (Å²) >= 11 is 0. The largest absolute Gasteiger partial charge is 0.455 e. The van der Waals surface area contributed by atoms with E-state index in [2.05, 4.69) is 69.3 Å². The summed E-state index contributed by atoms with van der Waals surface area (Å²) in [5.41, 5.74) is 8.07. The Labute approximate surface area is 213 Å². The Kier molecular flexibility index (Phi) is 4.65. The van der Waals surface area contributed by atoms with Crippen molar-refractivity contribution in [2.75, 3.05) is 0 Å². The van der Waals surface area contributed by atoms with Crippen LogP contribution in [0, 0.1) is 24.2 Å². The van der Waals surface area contributed by atoms with Gasteiger partial charge in [0.15, 0.2) is 0 Å². The van der Waals surface area contributed by atoms with E-state index < -0.39 is 0 Å². The second-order valence-corrected chi connectivity index (χ2v) is 10.3. The summed E-state index contributed by atoms with van der Waals surface area (Å²) in [5.74, 6) is 0.590. The lowest BCUT2D eigenvalue weighted by atomic mass is 9.98. The standard InChI is InChI=1S/C33H24N2O2/c1-18(2)12-20-4-6-22-25-9-8-24-26(32(25)36-29(22)15-20)10-11-35-31(24)28-14-19(3)13-27-23-7-5-21(17-34)16-30(23)37-33(27)28/h4-11,13-16,18H,12H2,1-3H3. The van der Waals surface area contributed by atoms with Crippen LogP contribution in [0.5, 0.6) is 0 Å². The van der Waals surface area contributed by atoms with Gasteiger partial charge in [-0.2, -0.15) is 5.26 Å². The molecular formula is C33H24N2O2. The second-order valence-electron chi connectivity index (χ2n) is 10.3. The van der Waals surface area contributed by atoms with Crippen molar-refractivity contribution in [1.82, 2.24) is 4.98 Å². The Hall–Kier alpha value is -4.62. The number of pyridine rings is 1. The number of benzene rings is 4. The Bertz CT molecular complexity index is 2070. The lowest BCUT2D eigenvalue weighted by Gasteiger charge is -2.08. The first-order chi connectivity index (χ1) is 18.0. The maximum atomic E-state index is 9.35. The Morgan fingerprint density at radius 3 is 2.30 bits per heavy atom. The van der Waals surface area contributed by atoms with Crippen molar-refractivity contribution in [3.05, 3.63) is 89.6 Å². The zero-order valence-electron chi connectivity index (χ0n) is 20.9. The highest BCUT2D eigenvalue weighted by Crippen LogP contribution is 2.41. The van der Waals surface area contributed by atoms with Gasteiger partial charge in [-0.05, 0) is 78.9 Å². The Morgan fingerprint density at radius 2 is 1.46 bits per heavy atom. The number of hydrogen-bond donors (Lipinski definition) is 0. The number of nitrogens with zero attached hydrogens (tertiary/aromatic N) is 2. The van der Waals surface area contributed by atoms with Gasteiger partial charge in [0, 0.05) is 44.1 Å². The SMILES string of the molecule is Cc1cc(-c2nccc3c2ccc2c4ccc(CC(C)C)cc4oc32)c2oc3cc(C#N)ccc3c2c1. The van der Waals surface area contributed by atoms with E-state index in [0.717, 1.165) is 72.3 Å². The predicted molar refractivity (Wildman–Crippen MR) is 150 cm³/mol. The first-order valence-corrected chi connectivity index (χ1v) is 12.6. The van der Waals surface area contributed by atoms with Gasteiger partial charge < -0.3 is 8.83 Å². The molecule has 37 heavy (non-hydrogen) atoms. The molecule has 0 aliphatic carbocycles. The number of hydrogen-bond acceptors (Lipinski definition) is 4. The van der Waals surface area contributed by atoms with Crippen LogP contribution in [-0.2, 0) is 6.42 Å². The van der Waals surface area contributed by atoms with E-state index in [-0.39, 0.29) is 0 Å². The lowest BCUT2D eigenvalue weighted by Crippen LogP contribution is -1.92. The molecule has 4 heteroatoms. The first-order valence-electron chi connectivity index (χ1n) is 12.6. The monoisotopic (exact) mass is 480 g/mol. The number of aryl methyl sites for hydroxylation is 1. The minimum Gasteiger partial charge on any atom is -0.455 e. The molecule has 0 spiro atoms. The van der Waals surface area contributed by atoms with Crippen LogP contribution in [-0.4, -0.2) is 4.98 Å². The van der Waals surface area contributed by atoms with Gasteiger partial charge in [-0.1, -0.05) is 32.0 Å². The second kappa shape index (κ2) is 7.94. The third kappa shape index (κ3) is 3.32. The highest BCUT2D eigenvalue weighted by Gasteiger charge is 2.19. The minimum absolute atomic E-state index is 0.581. The summed E-state index contributed by atoms with van der Waals surface area (Å²) in [5, 5.41) is 15.7. The molecule has 0 unspecified atom stereocenters. The number of nitriles is 1. The minimum atomic E-state index is 0.581. The van der Waals surface area contributed by atoms with Crippen molar-refractivity contribution in [2.24, 2.45) is 5.92 Å². The van der Waals surface area contributed by atoms with E-state index >= 15 is 0 Å². The molecule has 0 bridgehead atoms. The van der Waals surface area contributed by atoms with Crippen LogP contribution >= 0.6 is 0 Å². The summed E-state index contributed by atoms with van der Waals surface area (Å²) in [4.78, 5) is 4.83. The van der Waals surface area contributed by atoms with Crippen molar-refractivity contribution < 1.29 is 8.83 Å². The molecule has 7 aromatic rings. The first kappa shape index (κ1) is 21.6. The van der Waals surface area contributed by atoms with Gasteiger partial charge in [-0.25, -0.2) is 0 Å². The molecule has 0 atom stereocenters. The molecular weight excluding hydrogens is 456 g/mol. The summed E-state index contributed by atoms with van der Waals surface area (Å²) in [6.45, 7) is 6.55. The molecule has 0 N–H and O–H groups in total. The van der Waals surface area contributed by atoms with Crippen LogP contribution in [0.15, 0.2) is 81.8 Å². The third-order valence-electron chi connectivity index (χ3n) is 7.19. The van der Waals surface area contributed by atoms with E-state index in [4.69, 9.17) is 13.8 Å². The lowest BCUT2D eigenvalue weighted by molar-refractivity contribution is 0.643. The normalized spacial score (nSPS) is 12.0. The van der Waals surface area contributed by atoms with E-state index in [1.54, 1.807) is 6.07 Å². The zero-order valence-corrected chi connectivity index (χ0v) is 20.9. The summed E-state index contributed by atoms with van der Waals surface area (Å²) in [6.07, 6.45) is 2.87. The average molecular weight is 481 g/mol. The van der Waals surface area contributed by atoms with Crippen molar-refractivity contribution >= 4 is 54.6 Å². The van der Waals surface area contributed by atoms with E-state index in [1.165, 1.54) is 5.56 Å². The van der Waals surface area contributed by atoms with Crippen LogP contribution in [0.25, 0.3) is 65.9 Å². The molecule has 178 valence electrons. The van der Waals surface area contributed by atoms with E-state index in [0.29, 0.717) is 17.1 Å². The topological polar surface area (TPSA) is 63.0 Å². The third-order valence-corrected chi connectivity index (χ3v) is 7.19. The van der Waals surface area contributed by atoms with Crippen LogP contribution in [0.2, 0.25) is 0 Å². The summed E-state index contributed by atoms with van der Waals surface area (Å²) < 4.78 is 12.8. The van der Waals surface area contributed by atoms with Crippen LogP contribution in [0.1, 0.15) is 30.5 Å². The van der Waals surface area contributed by atoms with Crippen LogP contribution in [0.4, 0.5) is 0 Å². The molecule has 0 saturated heterocycles. The highest BCUT2D eigenvalue weighted by molar-refractivity contribution is 6.18.